The highest BCUT2D eigenvalue weighted by atomic mass is 16.5. The normalized spacial score (nSPS) is 11.7. The third kappa shape index (κ3) is 4.24. The molecule has 0 aliphatic rings. The molecule has 0 aromatic heterocycles. The summed E-state index contributed by atoms with van der Waals surface area (Å²) in [5.41, 5.74) is 8.53. The van der Waals surface area contributed by atoms with Gasteiger partial charge in [-0.2, -0.15) is 0 Å². The molecular formula is C17H20N2O2. The first-order valence-electron chi connectivity index (χ1n) is 6.89. The molecule has 0 aliphatic carbocycles. The molecule has 2 rings (SSSR count). The van der Waals surface area contributed by atoms with Crippen LogP contribution >= 0.6 is 0 Å². The van der Waals surface area contributed by atoms with Crippen molar-refractivity contribution in [1.29, 1.82) is 0 Å². The van der Waals surface area contributed by atoms with Gasteiger partial charge in [-0.15, -0.1) is 0 Å². The molecule has 0 saturated heterocycles. The van der Waals surface area contributed by atoms with E-state index in [9.17, 15) is 4.79 Å². The first kappa shape index (κ1) is 14.9. The van der Waals surface area contributed by atoms with Gasteiger partial charge in [0.05, 0.1) is 6.04 Å². The molecule has 3 N–H and O–H groups in total. The van der Waals surface area contributed by atoms with E-state index in [1.54, 1.807) is 24.3 Å². The Labute approximate surface area is 124 Å². The monoisotopic (exact) mass is 284 g/mol. The van der Waals surface area contributed by atoms with Crippen LogP contribution in [0.4, 0.5) is 5.69 Å². The van der Waals surface area contributed by atoms with E-state index in [0.717, 1.165) is 11.1 Å². The quantitative estimate of drug-likeness (QED) is 0.830. The summed E-state index contributed by atoms with van der Waals surface area (Å²) in [5, 5.41) is 2.93. The SMILES string of the molecule is Cc1ccccc1C(C)NC(=O)COc1cccc(N)c1. The summed E-state index contributed by atoms with van der Waals surface area (Å²) < 4.78 is 5.42. The van der Waals surface area contributed by atoms with E-state index in [2.05, 4.69) is 5.32 Å². The summed E-state index contributed by atoms with van der Waals surface area (Å²) in [5.74, 6) is 0.432. The fourth-order valence-corrected chi connectivity index (χ4v) is 2.19. The van der Waals surface area contributed by atoms with Gasteiger partial charge >= 0.3 is 0 Å². The fourth-order valence-electron chi connectivity index (χ4n) is 2.19. The Kier molecular flexibility index (Phi) is 4.82. The number of aryl methyl sites for hydroxylation is 1. The van der Waals surface area contributed by atoms with Gasteiger partial charge in [-0.1, -0.05) is 30.3 Å². The number of carbonyl (C=O) groups is 1. The zero-order valence-corrected chi connectivity index (χ0v) is 12.3. The first-order valence-corrected chi connectivity index (χ1v) is 6.89. The largest absolute Gasteiger partial charge is 0.484 e. The van der Waals surface area contributed by atoms with E-state index in [1.165, 1.54) is 0 Å². The number of ether oxygens (including phenoxy) is 1. The number of nitrogens with two attached hydrogens (primary N) is 1. The van der Waals surface area contributed by atoms with Gasteiger partial charge in [-0.25, -0.2) is 0 Å². The smallest absolute Gasteiger partial charge is 0.258 e. The van der Waals surface area contributed by atoms with Crippen LogP contribution in [0, 0.1) is 6.92 Å². The minimum absolute atomic E-state index is 0.0281. The molecule has 0 bridgehead atoms. The summed E-state index contributed by atoms with van der Waals surface area (Å²) in [7, 11) is 0. The number of nitrogen functional groups attached to an aromatic ring is 1. The number of amides is 1. The zero-order chi connectivity index (χ0) is 15.2. The Morgan fingerprint density at radius 3 is 2.71 bits per heavy atom. The number of hydrogen-bond donors (Lipinski definition) is 2. The number of rotatable bonds is 5. The average molecular weight is 284 g/mol. The highest BCUT2D eigenvalue weighted by Gasteiger charge is 2.11. The molecule has 1 amide bonds. The molecule has 2 aromatic rings. The Hall–Kier alpha value is -2.49. The van der Waals surface area contributed by atoms with E-state index < -0.39 is 0 Å². The van der Waals surface area contributed by atoms with E-state index in [-0.39, 0.29) is 18.6 Å². The van der Waals surface area contributed by atoms with Crippen LogP contribution in [-0.2, 0) is 4.79 Å². The average Bonchev–Trinajstić information content (AvgIpc) is 2.45. The van der Waals surface area contributed by atoms with E-state index in [1.807, 2.05) is 38.1 Å². The second kappa shape index (κ2) is 6.79. The molecule has 110 valence electrons. The Morgan fingerprint density at radius 2 is 2.00 bits per heavy atom. The number of anilines is 1. The van der Waals surface area contributed by atoms with E-state index in [0.29, 0.717) is 11.4 Å². The lowest BCUT2D eigenvalue weighted by molar-refractivity contribution is -0.123. The third-order valence-electron chi connectivity index (χ3n) is 3.26. The lowest BCUT2D eigenvalue weighted by atomic mass is 10.0. The molecule has 0 aliphatic heterocycles. The third-order valence-corrected chi connectivity index (χ3v) is 3.26. The van der Waals surface area contributed by atoms with Crippen LogP contribution in [0.1, 0.15) is 24.1 Å². The van der Waals surface area contributed by atoms with Crippen molar-refractivity contribution in [3.63, 3.8) is 0 Å². The van der Waals surface area contributed by atoms with Gasteiger partial charge in [0, 0.05) is 11.8 Å². The molecule has 4 nitrogen and oxygen atoms in total. The standard InChI is InChI=1S/C17H20N2O2/c1-12-6-3-4-9-16(12)13(2)19-17(20)11-21-15-8-5-7-14(18)10-15/h3-10,13H,11,18H2,1-2H3,(H,19,20). The van der Waals surface area contributed by atoms with Crippen LogP contribution in [0.25, 0.3) is 0 Å². The van der Waals surface area contributed by atoms with Gasteiger partial charge in [0.1, 0.15) is 5.75 Å². The van der Waals surface area contributed by atoms with Crippen LogP contribution in [0.5, 0.6) is 5.75 Å². The molecule has 1 unspecified atom stereocenters. The van der Waals surface area contributed by atoms with Crippen molar-refractivity contribution in [2.75, 3.05) is 12.3 Å². The van der Waals surface area contributed by atoms with Gasteiger partial charge in [0.15, 0.2) is 6.61 Å². The predicted octanol–water partition coefficient (Wildman–Crippen LogP) is 2.83. The minimum Gasteiger partial charge on any atom is -0.484 e. The Bertz CT molecular complexity index is 626. The minimum atomic E-state index is -0.159. The second-order valence-corrected chi connectivity index (χ2v) is 5.01. The van der Waals surface area contributed by atoms with Crippen molar-refractivity contribution < 1.29 is 9.53 Å². The molecule has 0 fully saturated rings. The Morgan fingerprint density at radius 1 is 1.24 bits per heavy atom. The predicted molar refractivity (Wildman–Crippen MR) is 84.1 cm³/mol. The van der Waals surface area contributed by atoms with Crippen molar-refractivity contribution >= 4 is 11.6 Å². The van der Waals surface area contributed by atoms with Crippen molar-refractivity contribution in [1.82, 2.24) is 5.32 Å². The summed E-state index contributed by atoms with van der Waals surface area (Å²) >= 11 is 0. The van der Waals surface area contributed by atoms with Crippen LogP contribution in [-0.4, -0.2) is 12.5 Å². The molecule has 21 heavy (non-hydrogen) atoms. The van der Waals surface area contributed by atoms with Crippen LogP contribution in [0.2, 0.25) is 0 Å². The highest BCUT2D eigenvalue weighted by molar-refractivity contribution is 5.78. The Balaban J connectivity index is 1.89. The van der Waals surface area contributed by atoms with Gasteiger partial charge in [0.25, 0.3) is 5.91 Å². The fraction of sp³-hybridized carbons (Fsp3) is 0.235. The van der Waals surface area contributed by atoms with E-state index in [4.69, 9.17) is 10.5 Å². The second-order valence-electron chi connectivity index (χ2n) is 5.01. The summed E-state index contributed by atoms with van der Waals surface area (Å²) in [6, 6.07) is 15.0. The van der Waals surface area contributed by atoms with Gasteiger partial charge in [-0.05, 0) is 37.1 Å². The van der Waals surface area contributed by atoms with Crippen LogP contribution in [0.3, 0.4) is 0 Å². The maximum atomic E-state index is 11.9. The van der Waals surface area contributed by atoms with Gasteiger partial charge in [0.2, 0.25) is 0 Å². The van der Waals surface area contributed by atoms with Crippen molar-refractivity contribution in [2.45, 2.75) is 19.9 Å². The first-order chi connectivity index (χ1) is 10.1. The molecule has 4 heteroatoms. The van der Waals surface area contributed by atoms with Gasteiger partial charge in [-0.3, -0.25) is 4.79 Å². The topological polar surface area (TPSA) is 64.3 Å². The van der Waals surface area contributed by atoms with Crippen molar-refractivity contribution in [2.24, 2.45) is 0 Å². The highest BCUT2D eigenvalue weighted by Crippen LogP contribution is 2.17. The van der Waals surface area contributed by atoms with E-state index >= 15 is 0 Å². The molecule has 0 spiro atoms. The lowest BCUT2D eigenvalue weighted by Gasteiger charge is -2.16. The van der Waals surface area contributed by atoms with Crippen LogP contribution in [0.15, 0.2) is 48.5 Å². The summed E-state index contributed by atoms with van der Waals surface area (Å²) in [4.78, 5) is 11.9. The van der Waals surface area contributed by atoms with Gasteiger partial charge < -0.3 is 15.8 Å². The molecule has 0 radical (unpaired) electrons. The zero-order valence-electron chi connectivity index (χ0n) is 12.3. The van der Waals surface area contributed by atoms with Crippen molar-refractivity contribution in [3.05, 3.63) is 59.7 Å². The number of benzene rings is 2. The molecule has 0 saturated carbocycles. The van der Waals surface area contributed by atoms with Crippen molar-refractivity contribution in [3.8, 4) is 5.75 Å². The molecule has 0 heterocycles. The van der Waals surface area contributed by atoms with Crippen LogP contribution < -0.4 is 15.8 Å². The number of hydrogen-bond acceptors (Lipinski definition) is 3. The number of carbonyl (C=O) groups excluding carboxylic acids is 1. The summed E-state index contributed by atoms with van der Waals surface area (Å²) in [6.07, 6.45) is 0. The summed E-state index contributed by atoms with van der Waals surface area (Å²) in [6.45, 7) is 3.96. The number of nitrogens with one attached hydrogen (secondary N) is 1. The molecular weight excluding hydrogens is 264 g/mol. The maximum absolute atomic E-state index is 11.9. The molecule has 2 aromatic carbocycles. The molecule has 1 atom stereocenters. The lowest BCUT2D eigenvalue weighted by Crippen LogP contribution is -2.31. The maximum Gasteiger partial charge on any atom is 0.258 e.